The average Bonchev–Trinajstić information content (AvgIpc) is 3.27. The highest BCUT2D eigenvalue weighted by molar-refractivity contribution is 5.42. The Bertz CT molecular complexity index is 926. The van der Waals surface area contributed by atoms with Crippen LogP contribution in [0.1, 0.15) is 23.5 Å². The number of anilines is 2. The van der Waals surface area contributed by atoms with Crippen molar-refractivity contribution in [3.8, 4) is 0 Å². The summed E-state index contributed by atoms with van der Waals surface area (Å²) in [4.78, 5) is 12.7. The van der Waals surface area contributed by atoms with Gasteiger partial charge in [-0.2, -0.15) is 10.1 Å². The van der Waals surface area contributed by atoms with Gasteiger partial charge in [0.1, 0.15) is 6.26 Å². The summed E-state index contributed by atoms with van der Waals surface area (Å²) in [6.45, 7) is 3.66. The average molecular weight is 386 g/mol. The van der Waals surface area contributed by atoms with Crippen LogP contribution in [0.15, 0.2) is 29.1 Å². The number of nitrogens with zero attached hydrogens (tertiary/aromatic N) is 7. The van der Waals surface area contributed by atoms with Crippen LogP contribution < -0.4 is 10.2 Å². The number of aryl methyl sites for hydroxylation is 1. The van der Waals surface area contributed by atoms with Crippen LogP contribution in [0.4, 0.5) is 16.2 Å². The van der Waals surface area contributed by atoms with Gasteiger partial charge >= 0.3 is 0 Å². The zero-order valence-corrected chi connectivity index (χ0v) is 16.0. The van der Waals surface area contributed by atoms with Crippen molar-refractivity contribution < 1.29 is 8.91 Å². The summed E-state index contributed by atoms with van der Waals surface area (Å²) in [7, 11) is 3.67. The molecule has 4 heterocycles. The highest BCUT2D eigenvalue weighted by Gasteiger charge is 2.20. The fraction of sp³-hybridized carbons (Fsp3) is 0.444. The Hall–Kier alpha value is -3.01. The van der Waals surface area contributed by atoms with E-state index in [-0.39, 0.29) is 5.82 Å². The Morgan fingerprint density at radius 3 is 2.93 bits per heavy atom. The molecule has 0 fully saturated rings. The van der Waals surface area contributed by atoms with Crippen molar-refractivity contribution in [1.29, 1.82) is 0 Å². The minimum absolute atomic E-state index is 0.206. The molecule has 1 aliphatic heterocycles. The third-order valence-electron chi connectivity index (χ3n) is 4.67. The first kappa shape index (κ1) is 18.4. The molecule has 0 radical (unpaired) electrons. The quantitative estimate of drug-likeness (QED) is 0.687. The molecule has 0 saturated heterocycles. The van der Waals surface area contributed by atoms with Gasteiger partial charge in [-0.25, -0.2) is 9.37 Å². The van der Waals surface area contributed by atoms with E-state index in [1.807, 2.05) is 17.8 Å². The van der Waals surface area contributed by atoms with Gasteiger partial charge in [0.05, 0.1) is 29.8 Å². The van der Waals surface area contributed by atoms with Crippen LogP contribution in [0.2, 0.25) is 0 Å². The normalized spacial score (nSPS) is 14.2. The molecule has 1 aliphatic rings. The lowest BCUT2D eigenvalue weighted by atomic mass is 10.3. The molecule has 9 nitrogen and oxygen atoms in total. The van der Waals surface area contributed by atoms with Crippen LogP contribution in [-0.2, 0) is 26.2 Å². The van der Waals surface area contributed by atoms with Crippen LogP contribution >= 0.6 is 0 Å². The Kier molecular flexibility index (Phi) is 5.20. The zero-order valence-electron chi connectivity index (χ0n) is 16.0. The predicted octanol–water partition coefficient (Wildman–Crippen LogP) is 1.88. The van der Waals surface area contributed by atoms with E-state index in [9.17, 15) is 4.39 Å². The highest BCUT2D eigenvalue weighted by atomic mass is 19.1. The fourth-order valence-electron chi connectivity index (χ4n) is 3.38. The number of rotatable bonds is 6. The van der Waals surface area contributed by atoms with Gasteiger partial charge in [-0.3, -0.25) is 9.58 Å². The monoisotopic (exact) mass is 386 g/mol. The molecule has 0 aliphatic carbocycles. The van der Waals surface area contributed by atoms with Gasteiger partial charge in [0, 0.05) is 39.3 Å². The minimum Gasteiger partial charge on any atom is -0.371 e. The van der Waals surface area contributed by atoms with Gasteiger partial charge in [0.25, 0.3) is 0 Å². The first-order chi connectivity index (χ1) is 13.6. The molecule has 0 atom stereocenters. The first-order valence-electron chi connectivity index (χ1n) is 9.21. The number of aromatic nitrogens is 5. The van der Waals surface area contributed by atoms with Gasteiger partial charge in [0.15, 0.2) is 11.6 Å². The Balaban J connectivity index is 1.47. The molecule has 0 amide bonds. The molecule has 0 spiro atoms. The molecule has 3 aromatic rings. The second-order valence-electron chi connectivity index (χ2n) is 6.90. The van der Waals surface area contributed by atoms with Crippen LogP contribution in [0.3, 0.4) is 0 Å². The number of halogens is 1. The van der Waals surface area contributed by atoms with Crippen molar-refractivity contribution in [2.45, 2.75) is 32.6 Å². The Morgan fingerprint density at radius 2 is 2.14 bits per heavy atom. The summed E-state index contributed by atoms with van der Waals surface area (Å²) >= 11 is 0. The summed E-state index contributed by atoms with van der Waals surface area (Å²) in [5, 5.41) is 11.5. The van der Waals surface area contributed by atoms with Gasteiger partial charge < -0.3 is 14.7 Å². The summed E-state index contributed by atoms with van der Waals surface area (Å²) in [5.41, 5.74) is 2.99. The zero-order chi connectivity index (χ0) is 19.5. The maximum Gasteiger partial charge on any atom is 0.227 e. The Labute approximate surface area is 162 Å². The third-order valence-corrected chi connectivity index (χ3v) is 4.67. The number of nitrogens with one attached hydrogen (secondary N) is 1. The first-order valence-corrected chi connectivity index (χ1v) is 9.21. The van der Waals surface area contributed by atoms with Gasteiger partial charge in [0.2, 0.25) is 5.95 Å². The van der Waals surface area contributed by atoms with Crippen LogP contribution in [0.25, 0.3) is 0 Å². The maximum absolute atomic E-state index is 13.7. The molecule has 0 unspecified atom stereocenters. The van der Waals surface area contributed by atoms with Gasteiger partial charge in [-0.15, -0.1) is 0 Å². The van der Waals surface area contributed by atoms with E-state index < -0.39 is 5.82 Å². The van der Waals surface area contributed by atoms with Crippen LogP contribution in [-0.4, -0.2) is 50.4 Å². The summed E-state index contributed by atoms with van der Waals surface area (Å²) < 4.78 is 20.6. The molecule has 28 heavy (non-hydrogen) atoms. The van der Waals surface area contributed by atoms with Crippen molar-refractivity contribution in [2.75, 3.05) is 30.9 Å². The predicted molar refractivity (Wildman–Crippen MR) is 101 cm³/mol. The summed E-state index contributed by atoms with van der Waals surface area (Å²) in [6, 6.07) is 3.97. The van der Waals surface area contributed by atoms with Crippen LogP contribution in [0.5, 0.6) is 0 Å². The van der Waals surface area contributed by atoms with E-state index in [2.05, 4.69) is 36.3 Å². The lowest BCUT2D eigenvalue weighted by Gasteiger charge is -2.20. The van der Waals surface area contributed by atoms with E-state index in [0.29, 0.717) is 25.6 Å². The summed E-state index contributed by atoms with van der Waals surface area (Å²) in [5.74, 6) is 0.270. The highest BCUT2D eigenvalue weighted by Crippen LogP contribution is 2.21. The molecular weight excluding hydrogens is 363 g/mol. The van der Waals surface area contributed by atoms with Gasteiger partial charge in [-0.1, -0.05) is 5.16 Å². The third kappa shape index (κ3) is 3.96. The van der Waals surface area contributed by atoms with Crippen LogP contribution in [0, 0.1) is 5.82 Å². The van der Waals surface area contributed by atoms with Crippen molar-refractivity contribution in [1.82, 2.24) is 29.8 Å². The van der Waals surface area contributed by atoms with E-state index >= 15 is 0 Å². The fourth-order valence-corrected chi connectivity index (χ4v) is 3.38. The lowest BCUT2D eigenvalue weighted by Crippen LogP contribution is -2.25. The maximum atomic E-state index is 13.7. The smallest absolute Gasteiger partial charge is 0.227 e. The van der Waals surface area contributed by atoms with E-state index in [1.165, 1.54) is 6.20 Å². The number of fused-ring (bicyclic) bond motifs is 1. The Morgan fingerprint density at radius 1 is 1.29 bits per heavy atom. The van der Waals surface area contributed by atoms with Gasteiger partial charge in [-0.05, 0) is 19.5 Å². The van der Waals surface area contributed by atoms with Crippen molar-refractivity contribution >= 4 is 11.8 Å². The standard InChI is InChI=1S/C18H23FN8O/c1-20-17-16(19)9-21-18(22-17)26-5-3-6-27-15(12-26)8-14(23-27)11-25(2)10-13-4-7-28-24-13/h4,7-9H,3,5-6,10-12H2,1-2H3,(H,20,21,22). The lowest BCUT2D eigenvalue weighted by molar-refractivity contribution is 0.299. The molecule has 4 rings (SSSR count). The molecule has 148 valence electrons. The van der Waals surface area contributed by atoms with Crippen molar-refractivity contribution in [2.24, 2.45) is 0 Å². The summed E-state index contributed by atoms with van der Waals surface area (Å²) in [6.07, 6.45) is 3.70. The largest absolute Gasteiger partial charge is 0.371 e. The number of hydrogen-bond acceptors (Lipinski definition) is 8. The second kappa shape index (κ2) is 7.93. The van der Waals surface area contributed by atoms with E-state index in [4.69, 9.17) is 9.62 Å². The SMILES string of the molecule is CNc1nc(N2CCCn3nc(CN(C)Cc4ccon4)cc3C2)ncc1F. The van der Waals surface area contributed by atoms with Crippen molar-refractivity contribution in [3.05, 3.63) is 47.5 Å². The molecule has 3 aromatic heterocycles. The molecule has 0 bridgehead atoms. The van der Waals surface area contributed by atoms with E-state index in [0.717, 1.165) is 36.6 Å². The van der Waals surface area contributed by atoms with Crippen molar-refractivity contribution in [3.63, 3.8) is 0 Å². The molecular formula is C18H23FN8O. The molecule has 10 heteroatoms. The topological polar surface area (TPSA) is 88.1 Å². The molecule has 0 saturated carbocycles. The molecule has 0 aromatic carbocycles. The second-order valence-corrected chi connectivity index (χ2v) is 6.90. The minimum atomic E-state index is -0.455. The van der Waals surface area contributed by atoms with E-state index in [1.54, 1.807) is 13.3 Å². The molecule has 1 N–H and O–H groups in total. The number of hydrogen-bond donors (Lipinski definition) is 1.